The third-order valence-electron chi connectivity index (χ3n) is 3.90. The van der Waals surface area contributed by atoms with Gasteiger partial charge in [0, 0.05) is 5.39 Å². The van der Waals surface area contributed by atoms with Crippen molar-refractivity contribution in [2.75, 3.05) is 7.11 Å². The van der Waals surface area contributed by atoms with Crippen LogP contribution in [0.1, 0.15) is 22.8 Å². The Labute approximate surface area is 138 Å². The lowest BCUT2D eigenvalue weighted by molar-refractivity contribution is -0.139. The number of carboxylic acid groups (broad SMARTS) is 1. The minimum Gasteiger partial charge on any atom is -0.497 e. The molecule has 0 aliphatic heterocycles. The topological polar surface area (TPSA) is 83.5 Å². The Morgan fingerprint density at radius 2 is 2.00 bits per heavy atom. The van der Waals surface area contributed by atoms with Crippen molar-refractivity contribution < 1.29 is 19.1 Å². The van der Waals surface area contributed by atoms with Crippen LogP contribution < -0.4 is 4.74 Å². The number of carbonyl (C=O) groups is 1. The van der Waals surface area contributed by atoms with Crippen LogP contribution in [-0.4, -0.2) is 18.2 Å². The predicted octanol–water partition coefficient (Wildman–Crippen LogP) is 3.72. The van der Waals surface area contributed by atoms with Gasteiger partial charge in [0.2, 0.25) is 0 Å². The van der Waals surface area contributed by atoms with E-state index in [-0.39, 0.29) is 0 Å². The zero-order valence-corrected chi connectivity index (χ0v) is 13.0. The maximum absolute atomic E-state index is 11.7. The van der Waals surface area contributed by atoms with E-state index in [0.717, 1.165) is 16.7 Å². The maximum atomic E-state index is 11.7. The first-order chi connectivity index (χ1) is 11.6. The van der Waals surface area contributed by atoms with Crippen molar-refractivity contribution in [3.63, 3.8) is 0 Å². The van der Waals surface area contributed by atoms with Crippen molar-refractivity contribution in [3.05, 3.63) is 65.4 Å². The number of hydrogen-bond donors (Lipinski definition) is 1. The van der Waals surface area contributed by atoms with Gasteiger partial charge in [-0.05, 0) is 48.4 Å². The lowest BCUT2D eigenvalue weighted by Crippen LogP contribution is -2.13. The molecule has 1 heterocycles. The van der Waals surface area contributed by atoms with Crippen LogP contribution in [0.25, 0.3) is 11.0 Å². The van der Waals surface area contributed by atoms with E-state index in [9.17, 15) is 9.90 Å². The molecule has 0 amide bonds. The lowest BCUT2D eigenvalue weighted by Gasteiger charge is -2.10. The van der Waals surface area contributed by atoms with Gasteiger partial charge in [0.25, 0.3) is 0 Å². The van der Waals surface area contributed by atoms with Gasteiger partial charge in [-0.1, -0.05) is 12.1 Å². The number of benzene rings is 2. The molecule has 1 aromatic heterocycles. The molecule has 1 atom stereocenters. The van der Waals surface area contributed by atoms with Gasteiger partial charge in [0.1, 0.15) is 23.0 Å². The third-order valence-corrected chi connectivity index (χ3v) is 3.90. The Morgan fingerprint density at radius 1 is 1.25 bits per heavy atom. The van der Waals surface area contributed by atoms with Crippen LogP contribution in [-0.2, 0) is 11.2 Å². The van der Waals surface area contributed by atoms with Gasteiger partial charge in [0.05, 0.1) is 18.7 Å². The number of hydrogen-bond acceptors (Lipinski definition) is 4. The highest BCUT2D eigenvalue weighted by atomic mass is 16.5. The second-order valence-corrected chi connectivity index (χ2v) is 5.46. The molecule has 120 valence electrons. The van der Waals surface area contributed by atoms with E-state index in [4.69, 9.17) is 14.4 Å². The molecule has 5 heteroatoms. The fourth-order valence-electron chi connectivity index (χ4n) is 2.61. The molecule has 2 aromatic carbocycles. The van der Waals surface area contributed by atoms with Gasteiger partial charge in [-0.3, -0.25) is 4.79 Å². The predicted molar refractivity (Wildman–Crippen MR) is 88.0 cm³/mol. The Hall–Kier alpha value is -3.26. The molecule has 0 radical (unpaired) electrons. The molecule has 0 spiro atoms. The molecule has 0 bridgehead atoms. The van der Waals surface area contributed by atoms with Gasteiger partial charge in [0.15, 0.2) is 0 Å². The largest absolute Gasteiger partial charge is 0.497 e. The summed E-state index contributed by atoms with van der Waals surface area (Å²) in [5, 5.41) is 19.3. The summed E-state index contributed by atoms with van der Waals surface area (Å²) < 4.78 is 10.8. The highest BCUT2D eigenvalue weighted by Crippen LogP contribution is 2.29. The van der Waals surface area contributed by atoms with Crippen LogP contribution in [0, 0.1) is 11.3 Å². The van der Waals surface area contributed by atoms with Crippen LogP contribution in [0.2, 0.25) is 0 Å². The molecule has 24 heavy (non-hydrogen) atoms. The Morgan fingerprint density at radius 3 is 2.62 bits per heavy atom. The molecular formula is C19H15NO4. The normalized spacial score (nSPS) is 11.8. The molecule has 3 rings (SSSR count). The highest BCUT2D eigenvalue weighted by molar-refractivity contribution is 5.83. The second-order valence-electron chi connectivity index (χ2n) is 5.46. The summed E-state index contributed by atoms with van der Waals surface area (Å²) in [6.45, 7) is 0. The molecule has 0 saturated heterocycles. The van der Waals surface area contributed by atoms with E-state index in [1.165, 1.54) is 0 Å². The first-order valence-electron chi connectivity index (χ1n) is 7.40. The van der Waals surface area contributed by atoms with Gasteiger partial charge in [-0.15, -0.1) is 0 Å². The van der Waals surface area contributed by atoms with Gasteiger partial charge < -0.3 is 14.3 Å². The molecular weight excluding hydrogens is 306 g/mol. The standard InChI is InChI=1S/C19H15NO4/c1-23-15-5-2-12(3-6-15)9-16(19(21)22)18-10-14-8-13(11-20)4-7-17(14)24-18/h2-8,10,16H,9H2,1H3,(H,21,22). The van der Waals surface area contributed by atoms with E-state index < -0.39 is 11.9 Å². The number of rotatable bonds is 5. The van der Waals surface area contributed by atoms with Crippen molar-refractivity contribution in [2.24, 2.45) is 0 Å². The van der Waals surface area contributed by atoms with Gasteiger partial charge in [-0.25, -0.2) is 0 Å². The monoisotopic (exact) mass is 321 g/mol. The average Bonchev–Trinajstić information content (AvgIpc) is 3.02. The maximum Gasteiger partial charge on any atom is 0.314 e. The number of nitriles is 1. The number of ether oxygens (including phenoxy) is 1. The smallest absolute Gasteiger partial charge is 0.314 e. The molecule has 0 saturated carbocycles. The Balaban J connectivity index is 1.92. The summed E-state index contributed by atoms with van der Waals surface area (Å²) in [6.07, 6.45) is 0.310. The van der Waals surface area contributed by atoms with E-state index in [1.807, 2.05) is 12.1 Å². The van der Waals surface area contributed by atoms with Crippen molar-refractivity contribution >= 4 is 16.9 Å². The molecule has 0 aliphatic rings. The zero-order chi connectivity index (χ0) is 17.1. The molecule has 5 nitrogen and oxygen atoms in total. The summed E-state index contributed by atoms with van der Waals surface area (Å²) in [5.74, 6) is -0.650. The number of fused-ring (bicyclic) bond motifs is 1. The Kier molecular flexibility index (Phi) is 4.21. The van der Waals surface area contributed by atoms with Crippen molar-refractivity contribution in [3.8, 4) is 11.8 Å². The first-order valence-corrected chi connectivity index (χ1v) is 7.40. The minimum absolute atomic E-state index is 0.310. The Bertz CT molecular complexity index is 919. The number of aliphatic carboxylic acids is 1. The average molecular weight is 321 g/mol. The third kappa shape index (κ3) is 3.08. The van der Waals surface area contributed by atoms with Gasteiger partial charge in [-0.2, -0.15) is 5.26 Å². The highest BCUT2D eigenvalue weighted by Gasteiger charge is 2.24. The number of nitrogens with zero attached hydrogens (tertiary/aromatic N) is 1. The number of carboxylic acids is 1. The van der Waals surface area contributed by atoms with Crippen LogP contribution in [0.3, 0.4) is 0 Å². The van der Waals surface area contributed by atoms with E-state index in [1.54, 1.807) is 43.5 Å². The van der Waals surface area contributed by atoms with E-state index in [2.05, 4.69) is 6.07 Å². The molecule has 1 N–H and O–H groups in total. The fourth-order valence-corrected chi connectivity index (χ4v) is 2.61. The van der Waals surface area contributed by atoms with Crippen LogP contribution in [0.4, 0.5) is 0 Å². The van der Waals surface area contributed by atoms with Crippen LogP contribution in [0.15, 0.2) is 52.9 Å². The fraction of sp³-hybridized carbons (Fsp3) is 0.158. The summed E-state index contributed by atoms with van der Waals surface area (Å²) in [4.78, 5) is 11.7. The quantitative estimate of drug-likeness (QED) is 0.774. The second kappa shape index (κ2) is 6.47. The summed E-state index contributed by atoms with van der Waals surface area (Å²) >= 11 is 0. The van der Waals surface area contributed by atoms with Crippen molar-refractivity contribution in [1.29, 1.82) is 5.26 Å². The SMILES string of the molecule is COc1ccc(CC(C(=O)O)c2cc3cc(C#N)ccc3o2)cc1. The lowest BCUT2D eigenvalue weighted by atomic mass is 9.96. The summed E-state index contributed by atoms with van der Waals surface area (Å²) in [6, 6.07) is 16.0. The minimum atomic E-state index is -0.953. The first kappa shape index (κ1) is 15.6. The van der Waals surface area contributed by atoms with Crippen molar-refractivity contribution in [2.45, 2.75) is 12.3 Å². The summed E-state index contributed by atoms with van der Waals surface area (Å²) in [7, 11) is 1.58. The summed E-state index contributed by atoms with van der Waals surface area (Å²) in [5.41, 5.74) is 1.96. The zero-order valence-electron chi connectivity index (χ0n) is 13.0. The van der Waals surface area contributed by atoms with Gasteiger partial charge >= 0.3 is 5.97 Å². The molecule has 0 fully saturated rings. The van der Waals surface area contributed by atoms with Crippen molar-refractivity contribution in [1.82, 2.24) is 0 Å². The van der Waals surface area contributed by atoms with E-state index in [0.29, 0.717) is 23.3 Å². The number of furan rings is 1. The molecule has 0 aliphatic carbocycles. The number of methoxy groups -OCH3 is 1. The van der Waals surface area contributed by atoms with Crippen LogP contribution in [0.5, 0.6) is 5.75 Å². The van der Waals surface area contributed by atoms with E-state index >= 15 is 0 Å². The van der Waals surface area contributed by atoms with Crippen LogP contribution >= 0.6 is 0 Å². The molecule has 3 aromatic rings. The molecule has 1 unspecified atom stereocenters.